The number of hydrogen-bond donors (Lipinski definition) is 1. The molecule has 2 aromatic rings. The van der Waals surface area contributed by atoms with Crippen LogP contribution in [0.3, 0.4) is 0 Å². The Morgan fingerprint density at radius 1 is 1.24 bits per heavy atom. The normalized spacial score (nSPS) is 14.0. The van der Waals surface area contributed by atoms with Crippen LogP contribution in [0.25, 0.3) is 0 Å². The molecule has 1 aliphatic carbocycles. The first-order valence-corrected chi connectivity index (χ1v) is 7.33. The van der Waals surface area contributed by atoms with Gasteiger partial charge in [0.05, 0.1) is 6.61 Å². The molecule has 0 saturated heterocycles. The third-order valence-electron chi connectivity index (χ3n) is 3.56. The van der Waals surface area contributed by atoms with E-state index in [0.717, 1.165) is 12.4 Å². The van der Waals surface area contributed by atoms with Crippen molar-refractivity contribution in [1.29, 1.82) is 0 Å². The van der Waals surface area contributed by atoms with Gasteiger partial charge in [-0.1, -0.05) is 30.3 Å². The van der Waals surface area contributed by atoms with Gasteiger partial charge >= 0.3 is 0 Å². The summed E-state index contributed by atoms with van der Waals surface area (Å²) in [5.74, 6) is 1.25. The van der Waals surface area contributed by atoms with Crippen LogP contribution in [0, 0.1) is 0 Å². The number of anilines is 2. The second kappa shape index (κ2) is 5.99. The molecule has 1 saturated carbocycles. The van der Waals surface area contributed by atoms with Crippen LogP contribution in [-0.4, -0.2) is 22.6 Å². The maximum Gasteiger partial charge on any atom is 0.242 e. The van der Waals surface area contributed by atoms with E-state index < -0.39 is 0 Å². The van der Waals surface area contributed by atoms with E-state index in [9.17, 15) is 0 Å². The highest BCUT2D eigenvalue weighted by atomic mass is 16.5. The summed E-state index contributed by atoms with van der Waals surface area (Å²) in [6, 6.07) is 10.9. The highest BCUT2D eigenvalue weighted by Gasteiger charge is 2.32. The summed E-state index contributed by atoms with van der Waals surface area (Å²) in [5.41, 5.74) is 7.98. The highest BCUT2D eigenvalue weighted by Crippen LogP contribution is 2.37. The molecule has 5 heteroatoms. The monoisotopic (exact) mass is 284 g/mol. The van der Waals surface area contributed by atoms with Crippen LogP contribution < -0.4 is 15.4 Å². The molecule has 0 aliphatic heterocycles. The van der Waals surface area contributed by atoms with Gasteiger partial charge < -0.3 is 15.4 Å². The maximum absolute atomic E-state index is 6.20. The van der Waals surface area contributed by atoms with Crippen molar-refractivity contribution in [2.24, 2.45) is 0 Å². The average Bonchev–Trinajstić information content (AvgIpc) is 3.33. The molecule has 0 amide bonds. The molecule has 0 bridgehead atoms. The number of nitrogens with two attached hydrogens (primary N) is 1. The maximum atomic E-state index is 6.20. The quantitative estimate of drug-likeness (QED) is 0.883. The second-order valence-corrected chi connectivity index (χ2v) is 5.19. The van der Waals surface area contributed by atoms with Crippen LogP contribution in [0.4, 0.5) is 11.5 Å². The van der Waals surface area contributed by atoms with E-state index in [1.165, 1.54) is 24.7 Å². The lowest BCUT2D eigenvalue weighted by Gasteiger charge is -2.25. The molecule has 1 heterocycles. The third-order valence-corrected chi connectivity index (χ3v) is 3.56. The minimum atomic E-state index is 0.473. The van der Waals surface area contributed by atoms with Crippen molar-refractivity contribution in [2.45, 2.75) is 32.4 Å². The lowest BCUT2D eigenvalue weighted by molar-refractivity contribution is 0.328. The highest BCUT2D eigenvalue weighted by molar-refractivity contribution is 5.68. The fourth-order valence-corrected chi connectivity index (χ4v) is 2.39. The van der Waals surface area contributed by atoms with Crippen molar-refractivity contribution in [3.05, 3.63) is 42.2 Å². The van der Waals surface area contributed by atoms with Crippen LogP contribution in [0.1, 0.15) is 25.3 Å². The Balaban J connectivity index is 1.89. The zero-order chi connectivity index (χ0) is 14.7. The molecular formula is C16H20N4O. The van der Waals surface area contributed by atoms with Gasteiger partial charge in [-0.2, -0.15) is 4.98 Å². The van der Waals surface area contributed by atoms with Crippen molar-refractivity contribution in [2.75, 3.05) is 17.2 Å². The Kier molecular flexibility index (Phi) is 3.90. The fourth-order valence-electron chi connectivity index (χ4n) is 2.39. The van der Waals surface area contributed by atoms with Crippen molar-refractivity contribution >= 4 is 11.5 Å². The first kappa shape index (κ1) is 13.7. The summed E-state index contributed by atoms with van der Waals surface area (Å²) in [4.78, 5) is 10.8. The third kappa shape index (κ3) is 3.07. The van der Waals surface area contributed by atoms with Crippen molar-refractivity contribution in [3.8, 4) is 5.88 Å². The number of aromatic nitrogens is 2. The molecule has 0 atom stereocenters. The van der Waals surface area contributed by atoms with Gasteiger partial charge in [0.2, 0.25) is 5.88 Å². The van der Waals surface area contributed by atoms with Gasteiger partial charge in [0, 0.05) is 12.6 Å². The molecule has 5 nitrogen and oxygen atoms in total. The fraction of sp³-hybridized carbons (Fsp3) is 0.375. The number of rotatable bonds is 6. The Morgan fingerprint density at radius 2 is 2.00 bits per heavy atom. The molecular weight excluding hydrogens is 264 g/mol. The second-order valence-electron chi connectivity index (χ2n) is 5.19. The predicted molar refractivity (Wildman–Crippen MR) is 83.3 cm³/mol. The van der Waals surface area contributed by atoms with E-state index in [-0.39, 0.29) is 0 Å². The average molecular weight is 284 g/mol. The van der Waals surface area contributed by atoms with E-state index in [4.69, 9.17) is 10.5 Å². The Morgan fingerprint density at radius 3 is 2.67 bits per heavy atom. The lowest BCUT2D eigenvalue weighted by Crippen LogP contribution is -2.27. The van der Waals surface area contributed by atoms with Crippen LogP contribution in [-0.2, 0) is 6.54 Å². The molecule has 2 N–H and O–H groups in total. The van der Waals surface area contributed by atoms with E-state index in [2.05, 4.69) is 39.1 Å². The summed E-state index contributed by atoms with van der Waals surface area (Å²) in [7, 11) is 0. The van der Waals surface area contributed by atoms with Gasteiger partial charge in [0.1, 0.15) is 12.0 Å². The van der Waals surface area contributed by atoms with Crippen LogP contribution >= 0.6 is 0 Å². The van der Waals surface area contributed by atoms with Gasteiger partial charge in [-0.3, -0.25) is 0 Å². The number of benzene rings is 1. The standard InChI is InChI=1S/C16H20N4O/c1-2-21-16-14(17)15(18-11-19-16)20(13-8-9-13)10-12-6-4-3-5-7-12/h3-7,11,13H,2,8-10,17H2,1H3. The molecule has 1 aliphatic rings. The van der Waals surface area contributed by atoms with Crippen molar-refractivity contribution in [1.82, 2.24) is 9.97 Å². The SMILES string of the molecule is CCOc1ncnc(N(Cc2ccccc2)C2CC2)c1N. The number of hydrogen-bond acceptors (Lipinski definition) is 5. The Labute approximate surface area is 124 Å². The molecule has 0 radical (unpaired) electrons. The first-order chi connectivity index (χ1) is 10.3. The van der Waals surface area contributed by atoms with Crippen LogP contribution in [0.2, 0.25) is 0 Å². The molecule has 1 fully saturated rings. The Bertz CT molecular complexity index is 598. The van der Waals surface area contributed by atoms with Crippen LogP contribution in [0.5, 0.6) is 5.88 Å². The minimum Gasteiger partial charge on any atom is -0.476 e. The molecule has 0 spiro atoms. The smallest absolute Gasteiger partial charge is 0.242 e. The van der Waals surface area contributed by atoms with E-state index >= 15 is 0 Å². The summed E-state index contributed by atoms with van der Waals surface area (Å²) in [6.45, 7) is 3.27. The van der Waals surface area contributed by atoms with E-state index in [0.29, 0.717) is 24.2 Å². The Hall–Kier alpha value is -2.30. The zero-order valence-electron chi connectivity index (χ0n) is 12.2. The largest absolute Gasteiger partial charge is 0.476 e. The first-order valence-electron chi connectivity index (χ1n) is 7.33. The zero-order valence-corrected chi connectivity index (χ0v) is 12.2. The molecule has 0 unspecified atom stereocenters. The number of ether oxygens (including phenoxy) is 1. The molecule has 21 heavy (non-hydrogen) atoms. The molecule has 3 rings (SSSR count). The van der Waals surface area contributed by atoms with Crippen molar-refractivity contribution < 1.29 is 4.74 Å². The van der Waals surface area contributed by atoms with Gasteiger partial charge in [-0.15, -0.1) is 0 Å². The summed E-state index contributed by atoms with van der Waals surface area (Å²) in [5, 5.41) is 0. The summed E-state index contributed by atoms with van der Waals surface area (Å²) >= 11 is 0. The summed E-state index contributed by atoms with van der Waals surface area (Å²) in [6.07, 6.45) is 3.89. The molecule has 110 valence electrons. The van der Waals surface area contributed by atoms with Gasteiger partial charge in [-0.25, -0.2) is 4.98 Å². The number of nitrogens with zero attached hydrogens (tertiary/aromatic N) is 3. The van der Waals surface area contributed by atoms with Gasteiger partial charge in [-0.05, 0) is 25.3 Å². The van der Waals surface area contributed by atoms with E-state index in [1.54, 1.807) is 0 Å². The predicted octanol–water partition coefficient (Wildman–Crippen LogP) is 2.63. The number of nitrogen functional groups attached to an aromatic ring is 1. The molecule has 1 aromatic heterocycles. The van der Waals surface area contributed by atoms with Crippen LogP contribution in [0.15, 0.2) is 36.7 Å². The van der Waals surface area contributed by atoms with Gasteiger partial charge in [0.15, 0.2) is 5.82 Å². The topological polar surface area (TPSA) is 64.3 Å². The lowest BCUT2D eigenvalue weighted by atomic mass is 10.2. The van der Waals surface area contributed by atoms with Gasteiger partial charge in [0.25, 0.3) is 0 Å². The van der Waals surface area contributed by atoms with Crippen molar-refractivity contribution in [3.63, 3.8) is 0 Å². The minimum absolute atomic E-state index is 0.473. The molecule has 1 aromatic carbocycles. The summed E-state index contributed by atoms with van der Waals surface area (Å²) < 4.78 is 5.48. The van der Waals surface area contributed by atoms with E-state index in [1.807, 2.05) is 13.0 Å².